The van der Waals surface area contributed by atoms with E-state index in [-0.39, 0.29) is 30.1 Å². The molecule has 0 aliphatic carbocycles. The first-order valence-electron chi connectivity index (χ1n) is 8.62. The molecule has 1 atom stereocenters. The summed E-state index contributed by atoms with van der Waals surface area (Å²) in [5.41, 5.74) is 1.00. The molecule has 3 rings (SSSR count). The SMILES string of the molecule is CCNC(=NCc1csc(CC)n1)NCC1COc2ccccc2O1.I. The van der Waals surface area contributed by atoms with Crippen LogP contribution in [0.5, 0.6) is 11.5 Å². The molecule has 0 amide bonds. The van der Waals surface area contributed by atoms with Crippen molar-refractivity contribution < 1.29 is 9.47 Å². The van der Waals surface area contributed by atoms with Crippen LogP contribution in [0.4, 0.5) is 0 Å². The number of aryl methyl sites for hydroxylation is 1. The minimum Gasteiger partial charge on any atom is -0.486 e. The van der Waals surface area contributed by atoms with Crippen molar-refractivity contribution in [2.45, 2.75) is 32.9 Å². The second-order valence-electron chi connectivity index (χ2n) is 5.66. The van der Waals surface area contributed by atoms with Gasteiger partial charge < -0.3 is 20.1 Å². The van der Waals surface area contributed by atoms with Crippen LogP contribution in [0.2, 0.25) is 0 Å². The van der Waals surface area contributed by atoms with Crippen LogP contribution >= 0.6 is 35.3 Å². The molecule has 142 valence electrons. The highest BCUT2D eigenvalue weighted by atomic mass is 127. The average Bonchev–Trinajstić information content (AvgIpc) is 3.12. The molecule has 1 aromatic heterocycles. The lowest BCUT2D eigenvalue weighted by atomic mass is 10.2. The van der Waals surface area contributed by atoms with Gasteiger partial charge in [0.1, 0.15) is 12.7 Å². The van der Waals surface area contributed by atoms with Crippen LogP contribution in [-0.4, -0.2) is 36.7 Å². The van der Waals surface area contributed by atoms with E-state index in [1.165, 1.54) is 0 Å². The maximum absolute atomic E-state index is 5.96. The van der Waals surface area contributed by atoms with Crippen LogP contribution in [0.1, 0.15) is 24.5 Å². The smallest absolute Gasteiger partial charge is 0.191 e. The topological polar surface area (TPSA) is 67.8 Å². The number of nitrogens with zero attached hydrogens (tertiary/aromatic N) is 2. The second kappa shape index (κ2) is 10.6. The molecule has 0 radical (unpaired) electrons. The number of guanidine groups is 1. The Morgan fingerprint density at radius 2 is 2.08 bits per heavy atom. The molecular weight excluding hydrogens is 463 g/mol. The number of ether oxygens (including phenoxy) is 2. The molecule has 26 heavy (non-hydrogen) atoms. The molecule has 8 heteroatoms. The van der Waals surface area contributed by atoms with Crippen molar-refractivity contribution in [3.63, 3.8) is 0 Å². The second-order valence-corrected chi connectivity index (χ2v) is 6.60. The number of aliphatic imine (C=N–C) groups is 1. The van der Waals surface area contributed by atoms with E-state index in [1.807, 2.05) is 31.2 Å². The minimum absolute atomic E-state index is 0. The largest absolute Gasteiger partial charge is 0.486 e. The molecule has 2 heterocycles. The van der Waals surface area contributed by atoms with Crippen molar-refractivity contribution in [1.29, 1.82) is 0 Å². The van der Waals surface area contributed by atoms with Crippen molar-refractivity contribution in [3.8, 4) is 11.5 Å². The van der Waals surface area contributed by atoms with Crippen LogP contribution < -0.4 is 20.1 Å². The molecule has 2 N–H and O–H groups in total. The number of thiazole rings is 1. The Balaban J connectivity index is 0.00000243. The summed E-state index contributed by atoms with van der Waals surface area (Å²) in [7, 11) is 0. The summed E-state index contributed by atoms with van der Waals surface area (Å²) in [5.74, 6) is 2.35. The van der Waals surface area contributed by atoms with Crippen molar-refractivity contribution in [2.24, 2.45) is 4.99 Å². The zero-order chi connectivity index (χ0) is 17.5. The Morgan fingerprint density at radius 3 is 2.81 bits per heavy atom. The first-order chi connectivity index (χ1) is 12.3. The van der Waals surface area contributed by atoms with Gasteiger partial charge in [-0.2, -0.15) is 0 Å². The Hall–Kier alpha value is -1.55. The van der Waals surface area contributed by atoms with Crippen molar-refractivity contribution in [1.82, 2.24) is 15.6 Å². The molecular formula is C18H25IN4O2S. The fourth-order valence-corrected chi connectivity index (χ4v) is 3.20. The lowest BCUT2D eigenvalue weighted by Gasteiger charge is -2.27. The predicted molar refractivity (Wildman–Crippen MR) is 116 cm³/mol. The molecule has 0 bridgehead atoms. The zero-order valence-electron chi connectivity index (χ0n) is 15.0. The summed E-state index contributed by atoms with van der Waals surface area (Å²) in [5, 5.41) is 9.79. The number of aromatic nitrogens is 1. The van der Waals surface area contributed by atoms with Gasteiger partial charge in [-0.3, -0.25) is 0 Å². The Labute approximate surface area is 175 Å². The molecule has 1 aliphatic heterocycles. The molecule has 0 saturated carbocycles. The van der Waals surface area contributed by atoms with Crippen molar-refractivity contribution in [3.05, 3.63) is 40.3 Å². The Kier molecular flexibility index (Phi) is 8.43. The molecule has 1 aliphatic rings. The number of halogens is 1. The Bertz CT molecular complexity index is 723. The number of hydrogen-bond acceptors (Lipinski definition) is 5. The number of fused-ring (bicyclic) bond motifs is 1. The third-order valence-electron chi connectivity index (χ3n) is 3.71. The molecule has 1 aromatic carbocycles. The van der Waals surface area contributed by atoms with Crippen LogP contribution in [0, 0.1) is 0 Å². The maximum atomic E-state index is 5.96. The average molecular weight is 488 g/mol. The highest BCUT2D eigenvalue weighted by molar-refractivity contribution is 14.0. The van der Waals surface area contributed by atoms with Gasteiger partial charge in [-0.15, -0.1) is 35.3 Å². The van der Waals surface area contributed by atoms with E-state index in [1.54, 1.807) is 11.3 Å². The zero-order valence-corrected chi connectivity index (χ0v) is 18.2. The first-order valence-corrected chi connectivity index (χ1v) is 9.50. The molecule has 2 aromatic rings. The number of rotatable bonds is 6. The third-order valence-corrected chi connectivity index (χ3v) is 4.75. The third kappa shape index (κ3) is 5.73. The fraction of sp³-hybridized carbons (Fsp3) is 0.444. The van der Waals surface area contributed by atoms with Gasteiger partial charge >= 0.3 is 0 Å². The summed E-state index contributed by atoms with van der Waals surface area (Å²) >= 11 is 1.69. The van der Waals surface area contributed by atoms with Gasteiger partial charge in [-0.25, -0.2) is 9.98 Å². The number of hydrogen-bond donors (Lipinski definition) is 2. The van der Waals surface area contributed by atoms with Crippen LogP contribution in [0.3, 0.4) is 0 Å². The molecule has 0 saturated heterocycles. The van der Waals surface area contributed by atoms with Gasteiger partial charge in [-0.05, 0) is 25.5 Å². The lowest BCUT2D eigenvalue weighted by molar-refractivity contribution is 0.0936. The number of benzene rings is 1. The standard InChI is InChI=1S/C18H24N4O2S.HI/c1-3-17-22-13(12-25-17)9-20-18(19-4-2)21-10-14-11-23-15-7-5-6-8-16(15)24-14;/h5-8,12,14H,3-4,9-11H2,1-2H3,(H2,19,20,21);1H. The molecule has 6 nitrogen and oxygen atoms in total. The highest BCUT2D eigenvalue weighted by Gasteiger charge is 2.20. The van der Waals surface area contributed by atoms with Gasteiger partial charge in [0, 0.05) is 11.9 Å². The molecule has 1 unspecified atom stereocenters. The summed E-state index contributed by atoms with van der Waals surface area (Å²) < 4.78 is 11.7. The summed E-state index contributed by atoms with van der Waals surface area (Å²) in [6.07, 6.45) is 0.914. The van der Waals surface area contributed by atoms with E-state index in [4.69, 9.17) is 9.47 Å². The summed E-state index contributed by atoms with van der Waals surface area (Å²) in [4.78, 5) is 9.15. The van der Waals surface area contributed by atoms with Crippen LogP contribution in [0.15, 0.2) is 34.6 Å². The molecule has 0 spiro atoms. The van der Waals surface area contributed by atoms with E-state index < -0.39 is 0 Å². The lowest BCUT2D eigenvalue weighted by Crippen LogP contribution is -2.45. The predicted octanol–water partition coefficient (Wildman–Crippen LogP) is 3.22. The van der Waals surface area contributed by atoms with Crippen molar-refractivity contribution >= 4 is 41.3 Å². The summed E-state index contributed by atoms with van der Waals surface area (Å²) in [6.45, 7) is 6.67. The van der Waals surface area contributed by atoms with E-state index in [0.717, 1.165) is 41.1 Å². The van der Waals surface area contributed by atoms with E-state index in [9.17, 15) is 0 Å². The van der Waals surface area contributed by atoms with Gasteiger partial charge in [0.2, 0.25) is 0 Å². The summed E-state index contributed by atoms with van der Waals surface area (Å²) in [6, 6.07) is 7.73. The van der Waals surface area contributed by atoms with E-state index >= 15 is 0 Å². The first kappa shape index (κ1) is 20.8. The molecule has 0 fully saturated rings. The van der Waals surface area contributed by atoms with Gasteiger partial charge in [-0.1, -0.05) is 19.1 Å². The maximum Gasteiger partial charge on any atom is 0.191 e. The van der Waals surface area contributed by atoms with E-state index in [2.05, 4.69) is 32.9 Å². The number of nitrogens with one attached hydrogen (secondary N) is 2. The van der Waals surface area contributed by atoms with Gasteiger partial charge in [0.15, 0.2) is 17.5 Å². The number of para-hydroxylation sites is 2. The monoisotopic (exact) mass is 488 g/mol. The Morgan fingerprint density at radius 1 is 1.27 bits per heavy atom. The quantitative estimate of drug-likeness (QED) is 0.372. The van der Waals surface area contributed by atoms with Gasteiger partial charge in [0.05, 0.1) is 23.8 Å². The normalized spacial score (nSPS) is 15.9. The fourth-order valence-electron chi connectivity index (χ4n) is 2.46. The minimum atomic E-state index is -0.0512. The van der Waals surface area contributed by atoms with E-state index in [0.29, 0.717) is 19.7 Å². The highest BCUT2D eigenvalue weighted by Crippen LogP contribution is 2.30. The van der Waals surface area contributed by atoms with Crippen molar-refractivity contribution in [2.75, 3.05) is 19.7 Å². The van der Waals surface area contributed by atoms with Crippen LogP contribution in [-0.2, 0) is 13.0 Å². The van der Waals surface area contributed by atoms with Crippen LogP contribution in [0.25, 0.3) is 0 Å². The van der Waals surface area contributed by atoms with Gasteiger partial charge in [0.25, 0.3) is 0 Å².